The summed E-state index contributed by atoms with van der Waals surface area (Å²) in [6.07, 6.45) is 1.90. The maximum atomic E-state index is 12.0. The molecule has 118 valence electrons. The van der Waals surface area contributed by atoms with Crippen molar-refractivity contribution in [3.63, 3.8) is 0 Å². The Balaban J connectivity index is 2.38. The second-order valence-corrected chi connectivity index (χ2v) is 4.58. The first-order valence-electron chi connectivity index (χ1n) is 6.31. The molecule has 1 aromatic carbocycles. The number of non-ortho nitro benzene ring substituents is 1. The van der Waals surface area contributed by atoms with Gasteiger partial charge in [0.2, 0.25) is 0 Å². The van der Waals surface area contributed by atoms with E-state index < -0.39 is 33.4 Å². The molecule has 0 radical (unpaired) electrons. The van der Waals surface area contributed by atoms with Gasteiger partial charge in [0.25, 0.3) is 5.69 Å². The molecule has 1 N–H and O–H groups in total. The van der Waals surface area contributed by atoms with E-state index >= 15 is 0 Å². The molecule has 1 aromatic heterocycles. The summed E-state index contributed by atoms with van der Waals surface area (Å²) < 4.78 is 4.72. The molecule has 0 aliphatic carbocycles. The Hall–Kier alpha value is -3.42. The maximum Gasteiger partial charge on any atom is 0.351 e. The van der Waals surface area contributed by atoms with Crippen molar-refractivity contribution >= 4 is 17.5 Å². The Morgan fingerprint density at radius 2 is 2.04 bits per heavy atom. The average Bonchev–Trinajstić information content (AvgIpc) is 2.45. The standard InChI is InChI=1S/C15H11NO7/c1-8-6-13(19)14(15(20)23-8)12(18)4-2-9-7-10(16(21)22)3-5-11(9)17/h2-7,17,19H,1H3/p-1/b4-2+. The highest BCUT2D eigenvalue weighted by Crippen LogP contribution is 2.22. The van der Waals surface area contributed by atoms with Crippen molar-refractivity contribution in [2.75, 3.05) is 0 Å². The van der Waals surface area contributed by atoms with Crippen LogP contribution in [0.5, 0.6) is 11.5 Å². The van der Waals surface area contributed by atoms with Gasteiger partial charge >= 0.3 is 5.63 Å². The monoisotopic (exact) mass is 316 g/mol. The van der Waals surface area contributed by atoms with Gasteiger partial charge < -0.3 is 14.6 Å². The van der Waals surface area contributed by atoms with E-state index in [1.54, 1.807) is 0 Å². The van der Waals surface area contributed by atoms with Crippen LogP contribution in [0.2, 0.25) is 0 Å². The van der Waals surface area contributed by atoms with Gasteiger partial charge in [0.15, 0.2) is 5.78 Å². The van der Waals surface area contributed by atoms with E-state index in [-0.39, 0.29) is 17.0 Å². The van der Waals surface area contributed by atoms with Crippen LogP contribution >= 0.6 is 0 Å². The molecule has 0 saturated carbocycles. The van der Waals surface area contributed by atoms with Crippen molar-refractivity contribution in [2.45, 2.75) is 6.92 Å². The van der Waals surface area contributed by atoms with Crippen LogP contribution < -0.4 is 10.7 Å². The van der Waals surface area contributed by atoms with Crippen molar-refractivity contribution < 1.29 is 24.3 Å². The number of nitrogens with zero attached hydrogens (tertiary/aromatic N) is 1. The average molecular weight is 316 g/mol. The topological polar surface area (TPSA) is 134 Å². The van der Waals surface area contributed by atoms with E-state index in [4.69, 9.17) is 4.42 Å². The lowest BCUT2D eigenvalue weighted by Gasteiger charge is -2.08. The number of nitro groups is 1. The van der Waals surface area contributed by atoms with Gasteiger partial charge in [-0.25, -0.2) is 4.79 Å². The van der Waals surface area contributed by atoms with Crippen LogP contribution in [0.25, 0.3) is 6.08 Å². The molecular weight excluding hydrogens is 306 g/mol. The van der Waals surface area contributed by atoms with Gasteiger partial charge in [0.05, 0.1) is 4.92 Å². The molecule has 0 saturated heterocycles. The highest BCUT2D eigenvalue weighted by atomic mass is 16.6. The van der Waals surface area contributed by atoms with Gasteiger partial charge in [-0.15, -0.1) is 5.75 Å². The highest BCUT2D eigenvalue weighted by Gasteiger charge is 2.16. The zero-order valence-electron chi connectivity index (χ0n) is 11.8. The molecule has 2 aromatic rings. The number of aromatic hydroxyl groups is 1. The molecule has 0 aliphatic heterocycles. The first kappa shape index (κ1) is 16.0. The minimum atomic E-state index is -1.02. The van der Waals surface area contributed by atoms with Crippen LogP contribution in [0.15, 0.2) is 39.6 Å². The number of allylic oxidation sites excluding steroid dienone is 1. The lowest BCUT2D eigenvalue weighted by atomic mass is 10.1. The van der Waals surface area contributed by atoms with Crippen LogP contribution in [0.1, 0.15) is 21.7 Å². The fraction of sp³-hybridized carbons (Fsp3) is 0.0667. The molecule has 8 nitrogen and oxygen atoms in total. The minimum absolute atomic E-state index is 0.0939. The fourth-order valence-electron chi connectivity index (χ4n) is 1.85. The molecule has 0 spiro atoms. The smallest absolute Gasteiger partial charge is 0.351 e. The third kappa shape index (κ3) is 3.43. The van der Waals surface area contributed by atoms with Gasteiger partial charge in [-0.2, -0.15) is 0 Å². The number of hydrogen-bond donors (Lipinski definition) is 1. The Kier molecular flexibility index (Phi) is 4.26. The quantitative estimate of drug-likeness (QED) is 0.391. The Morgan fingerprint density at radius 3 is 2.65 bits per heavy atom. The number of rotatable bonds is 4. The number of benzene rings is 1. The maximum absolute atomic E-state index is 12.0. The third-order valence-electron chi connectivity index (χ3n) is 2.92. The number of ketones is 1. The molecule has 0 bridgehead atoms. The summed E-state index contributed by atoms with van der Waals surface area (Å²) >= 11 is 0. The third-order valence-corrected chi connectivity index (χ3v) is 2.92. The second kappa shape index (κ2) is 6.14. The molecular formula is C15H10NO7-. The summed E-state index contributed by atoms with van der Waals surface area (Å²) in [5.41, 5.74) is -2.00. The van der Waals surface area contributed by atoms with Crippen LogP contribution in [0, 0.1) is 17.0 Å². The van der Waals surface area contributed by atoms with E-state index in [9.17, 15) is 29.9 Å². The number of carbonyl (C=O) groups is 1. The van der Waals surface area contributed by atoms with Crippen LogP contribution in [-0.4, -0.2) is 15.8 Å². The van der Waals surface area contributed by atoms with Crippen molar-refractivity contribution in [1.29, 1.82) is 0 Å². The lowest BCUT2D eigenvalue weighted by molar-refractivity contribution is -0.385. The van der Waals surface area contributed by atoms with Crippen molar-refractivity contribution in [3.05, 3.63) is 67.8 Å². The summed E-state index contributed by atoms with van der Waals surface area (Å²) in [5.74, 6) is -1.83. The molecule has 0 fully saturated rings. The predicted molar refractivity (Wildman–Crippen MR) is 77.3 cm³/mol. The second-order valence-electron chi connectivity index (χ2n) is 4.58. The van der Waals surface area contributed by atoms with E-state index in [0.717, 1.165) is 36.4 Å². The van der Waals surface area contributed by atoms with Crippen LogP contribution in [-0.2, 0) is 0 Å². The minimum Gasteiger partial charge on any atom is -0.872 e. The Bertz CT molecular complexity index is 880. The molecule has 0 atom stereocenters. The van der Waals surface area contributed by atoms with Gasteiger partial charge in [0, 0.05) is 18.2 Å². The van der Waals surface area contributed by atoms with E-state index in [0.29, 0.717) is 0 Å². The Labute approximate surface area is 129 Å². The van der Waals surface area contributed by atoms with E-state index in [1.807, 2.05) is 0 Å². The van der Waals surface area contributed by atoms with E-state index in [2.05, 4.69) is 0 Å². The van der Waals surface area contributed by atoms with Crippen molar-refractivity contribution in [2.24, 2.45) is 0 Å². The zero-order chi connectivity index (χ0) is 17.1. The van der Waals surface area contributed by atoms with E-state index in [1.165, 1.54) is 6.92 Å². The molecule has 1 heterocycles. The number of nitro benzene ring substituents is 1. The summed E-state index contributed by atoms with van der Waals surface area (Å²) in [7, 11) is 0. The Morgan fingerprint density at radius 1 is 1.35 bits per heavy atom. The zero-order valence-corrected chi connectivity index (χ0v) is 11.8. The first-order valence-corrected chi connectivity index (χ1v) is 6.31. The van der Waals surface area contributed by atoms with Gasteiger partial charge in [-0.1, -0.05) is 12.1 Å². The predicted octanol–water partition coefficient (Wildman–Crippen LogP) is 1.53. The lowest BCUT2D eigenvalue weighted by Crippen LogP contribution is -2.13. The van der Waals surface area contributed by atoms with Gasteiger partial charge in [0.1, 0.15) is 17.1 Å². The number of carbonyl (C=O) groups excluding carboxylic acids is 1. The van der Waals surface area contributed by atoms with Gasteiger partial charge in [-0.05, 0) is 18.6 Å². The molecule has 0 unspecified atom stereocenters. The molecule has 0 amide bonds. The van der Waals surface area contributed by atoms with Crippen molar-refractivity contribution in [1.82, 2.24) is 0 Å². The summed E-state index contributed by atoms with van der Waals surface area (Å²) in [6.45, 7) is 1.43. The van der Waals surface area contributed by atoms with Crippen LogP contribution in [0.3, 0.4) is 0 Å². The molecule has 2 rings (SSSR count). The first-order chi connectivity index (χ1) is 10.8. The van der Waals surface area contributed by atoms with Gasteiger partial charge in [-0.3, -0.25) is 14.9 Å². The molecule has 8 heteroatoms. The van der Waals surface area contributed by atoms with Crippen molar-refractivity contribution in [3.8, 4) is 11.5 Å². The highest BCUT2D eigenvalue weighted by molar-refractivity contribution is 6.08. The van der Waals surface area contributed by atoms with Crippen LogP contribution in [0.4, 0.5) is 5.69 Å². The number of aryl methyl sites for hydroxylation is 1. The molecule has 23 heavy (non-hydrogen) atoms. The summed E-state index contributed by atoms with van der Waals surface area (Å²) in [6, 6.07) is 4.15. The normalized spacial score (nSPS) is 10.8. The number of hydrogen-bond acceptors (Lipinski definition) is 7. The molecule has 0 aliphatic rings. The summed E-state index contributed by atoms with van der Waals surface area (Å²) in [5, 5.41) is 31.9. The largest absolute Gasteiger partial charge is 0.872 e. The fourth-order valence-corrected chi connectivity index (χ4v) is 1.85. The summed E-state index contributed by atoms with van der Waals surface area (Å²) in [4.78, 5) is 33.5. The SMILES string of the molecule is Cc1cc(O)c(C(=O)/C=C/c2cc([N+](=O)[O-])ccc2[O-])c(=O)o1.